The zero-order chi connectivity index (χ0) is 15.0. The van der Waals surface area contributed by atoms with Crippen molar-refractivity contribution in [2.45, 2.75) is 46.0 Å². The van der Waals surface area contributed by atoms with Crippen molar-refractivity contribution in [3.63, 3.8) is 0 Å². The predicted molar refractivity (Wildman–Crippen MR) is 64.1 cm³/mol. The van der Waals surface area contributed by atoms with E-state index in [0.29, 0.717) is 6.07 Å². The monoisotopic (exact) mass is 281 g/mol. The van der Waals surface area contributed by atoms with Crippen LogP contribution in [0.2, 0.25) is 0 Å². The van der Waals surface area contributed by atoms with Crippen LogP contribution in [0, 0.1) is 11.6 Å². The highest BCUT2D eigenvalue weighted by Gasteiger charge is 2.36. The van der Waals surface area contributed by atoms with Crippen molar-refractivity contribution in [3.05, 3.63) is 29.3 Å². The van der Waals surface area contributed by atoms with Crippen molar-refractivity contribution in [1.29, 1.82) is 0 Å². The zero-order valence-electron chi connectivity index (χ0n) is 11.1. The average Bonchev–Trinajstić information content (AvgIpc) is 2.18. The molecule has 1 rings (SSSR count). The largest absolute Gasteiger partial charge is 0.419 e. The van der Waals surface area contributed by atoms with E-state index in [4.69, 9.17) is 0 Å². The molecule has 0 atom stereocenters. The minimum Gasteiger partial charge on any atom is -0.364 e. The van der Waals surface area contributed by atoms with Gasteiger partial charge in [0.05, 0.1) is 11.3 Å². The lowest BCUT2D eigenvalue weighted by molar-refractivity contribution is -0.140. The van der Waals surface area contributed by atoms with Gasteiger partial charge < -0.3 is 4.90 Å². The average molecular weight is 281 g/mol. The molecule has 0 bridgehead atoms. The summed E-state index contributed by atoms with van der Waals surface area (Å²) in [5, 5.41) is 0. The molecule has 0 radical (unpaired) electrons. The maximum Gasteiger partial charge on any atom is 0.419 e. The third-order valence-corrected chi connectivity index (χ3v) is 2.73. The van der Waals surface area contributed by atoms with Crippen LogP contribution in [0.25, 0.3) is 0 Å². The van der Waals surface area contributed by atoms with Crippen LogP contribution in [-0.4, -0.2) is 12.1 Å². The number of hydrogen-bond acceptors (Lipinski definition) is 1. The van der Waals surface area contributed by atoms with Gasteiger partial charge in [-0.15, -0.1) is 0 Å². The van der Waals surface area contributed by atoms with Gasteiger partial charge in [-0.25, -0.2) is 8.78 Å². The molecule has 0 aliphatic carbocycles. The standard InChI is InChI=1S/C13H16F5N/c1-7(2)19(8(3)4)12-5-9(13(16,17)18)10(14)6-11(12)15/h5-8H,1-4H3. The van der Waals surface area contributed by atoms with E-state index in [-0.39, 0.29) is 23.8 Å². The van der Waals surface area contributed by atoms with Gasteiger partial charge in [-0.2, -0.15) is 13.2 Å². The highest BCUT2D eigenvalue weighted by Crippen LogP contribution is 2.36. The van der Waals surface area contributed by atoms with Gasteiger partial charge >= 0.3 is 6.18 Å². The van der Waals surface area contributed by atoms with Crippen LogP contribution in [0.4, 0.5) is 27.6 Å². The van der Waals surface area contributed by atoms with Crippen molar-refractivity contribution in [2.24, 2.45) is 0 Å². The lowest BCUT2D eigenvalue weighted by atomic mass is 10.1. The molecule has 0 N–H and O–H groups in total. The topological polar surface area (TPSA) is 3.24 Å². The second kappa shape index (κ2) is 5.35. The first kappa shape index (κ1) is 15.7. The minimum atomic E-state index is -4.84. The van der Waals surface area contributed by atoms with Crippen molar-refractivity contribution >= 4 is 5.69 Å². The summed E-state index contributed by atoms with van der Waals surface area (Å²) >= 11 is 0. The molecule has 0 aliphatic rings. The number of benzene rings is 1. The van der Waals surface area contributed by atoms with Gasteiger partial charge in [-0.3, -0.25) is 0 Å². The summed E-state index contributed by atoms with van der Waals surface area (Å²) in [6.45, 7) is 6.93. The molecule has 1 aromatic carbocycles. The molecular weight excluding hydrogens is 265 g/mol. The fourth-order valence-corrected chi connectivity index (χ4v) is 2.11. The molecule has 0 saturated heterocycles. The molecule has 0 aliphatic heterocycles. The fourth-order valence-electron chi connectivity index (χ4n) is 2.11. The lowest BCUT2D eigenvalue weighted by Gasteiger charge is -2.33. The molecule has 1 nitrogen and oxygen atoms in total. The van der Waals surface area contributed by atoms with Crippen LogP contribution in [0.5, 0.6) is 0 Å². The van der Waals surface area contributed by atoms with Crippen molar-refractivity contribution in [2.75, 3.05) is 4.90 Å². The van der Waals surface area contributed by atoms with Crippen LogP contribution in [0.3, 0.4) is 0 Å². The Morgan fingerprint density at radius 3 is 1.74 bits per heavy atom. The Morgan fingerprint density at radius 2 is 1.37 bits per heavy atom. The molecule has 19 heavy (non-hydrogen) atoms. The van der Waals surface area contributed by atoms with E-state index in [9.17, 15) is 22.0 Å². The molecule has 0 heterocycles. The van der Waals surface area contributed by atoms with E-state index in [1.807, 2.05) is 0 Å². The number of alkyl halides is 3. The summed E-state index contributed by atoms with van der Waals surface area (Å²) in [5.74, 6) is -2.59. The van der Waals surface area contributed by atoms with Gasteiger partial charge in [0.2, 0.25) is 0 Å². The third kappa shape index (κ3) is 3.36. The Kier molecular flexibility index (Phi) is 4.43. The van der Waals surface area contributed by atoms with Crippen molar-refractivity contribution < 1.29 is 22.0 Å². The zero-order valence-corrected chi connectivity index (χ0v) is 11.1. The van der Waals surface area contributed by atoms with E-state index in [2.05, 4.69) is 0 Å². The first-order valence-electron chi connectivity index (χ1n) is 5.90. The maximum atomic E-state index is 13.7. The molecule has 0 amide bonds. The van der Waals surface area contributed by atoms with Crippen LogP contribution >= 0.6 is 0 Å². The fraction of sp³-hybridized carbons (Fsp3) is 0.538. The second-order valence-electron chi connectivity index (χ2n) is 4.88. The van der Waals surface area contributed by atoms with Crippen LogP contribution < -0.4 is 4.90 Å². The summed E-state index contributed by atoms with van der Waals surface area (Å²) < 4.78 is 64.9. The second-order valence-corrected chi connectivity index (χ2v) is 4.88. The molecule has 0 unspecified atom stereocenters. The summed E-state index contributed by atoms with van der Waals surface area (Å²) in [4.78, 5) is 1.48. The number of anilines is 1. The van der Waals surface area contributed by atoms with Crippen molar-refractivity contribution in [3.8, 4) is 0 Å². The molecule has 0 aromatic heterocycles. The Balaban J connectivity index is 3.43. The number of halogens is 5. The van der Waals surface area contributed by atoms with E-state index in [0.717, 1.165) is 0 Å². The third-order valence-electron chi connectivity index (χ3n) is 2.73. The smallest absolute Gasteiger partial charge is 0.364 e. The molecular formula is C13H16F5N. The Bertz CT molecular complexity index is 443. The first-order chi connectivity index (χ1) is 8.55. The van der Waals surface area contributed by atoms with Gasteiger partial charge in [-0.1, -0.05) is 0 Å². The molecule has 0 fully saturated rings. The SMILES string of the molecule is CC(C)N(c1cc(C(F)(F)F)c(F)cc1F)C(C)C. The Labute approximate surface area is 109 Å². The summed E-state index contributed by atoms with van der Waals surface area (Å²) in [6, 6.07) is 0.405. The van der Waals surface area contributed by atoms with Crippen LogP contribution in [-0.2, 0) is 6.18 Å². The predicted octanol–water partition coefficient (Wildman–Crippen LogP) is 4.61. The van der Waals surface area contributed by atoms with E-state index in [1.54, 1.807) is 27.7 Å². The summed E-state index contributed by atoms with van der Waals surface area (Å²) in [6.07, 6.45) is -4.84. The number of rotatable bonds is 3. The molecule has 0 spiro atoms. The summed E-state index contributed by atoms with van der Waals surface area (Å²) in [7, 11) is 0. The Morgan fingerprint density at radius 1 is 0.895 bits per heavy atom. The van der Waals surface area contributed by atoms with E-state index in [1.165, 1.54) is 4.90 Å². The summed E-state index contributed by atoms with van der Waals surface area (Å²) in [5.41, 5.74) is -1.69. The van der Waals surface area contributed by atoms with E-state index >= 15 is 0 Å². The highest BCUT2D eigenvalue weighted by atomic mass is 19.4. The molecule has 6 heteroatoms. The maximum absolute atomic E-state index is 13.7. The number of nitrogens with zero attached hydrogens (tertiary/aromatic N) is 1. The minimum absolute atomic E-state index is 0.207. The normalized spacial score (nSPS) is 12.4. The molecule has 108 valence electrons. The van der Waals surface area contributed by atoms with Gasteiger partial charge in [0, 0.05) is 18.2 Å². The highest BCUT2D eigenvalue weighted by molar-refractivity contribution is 5.52. The Hall–Kier alpha value is -1.33. The lowest BCUT2D eigenvalue weighted by Crippen LogP contribution is -2.38. The number of hydrogen-bond donors (Lipinski definition) is 0. The van der Waals surface area contributed by atoms with Gasteiger partial charge in [0.25, 0.3) is 0 Å². The molecule has 0 saturated carbocycles. The van der Waals surface area contributed by atoms with Crippen LogP contribution in [0.15, 0.2) is 12.1 Å². The van der Waals surface area contributed by atoms with E-state index < -0.39 is 23.4 Å². The van der Waals surface area contributed by atoms with Gasteiger partial charge in [-0.05, 0) is 33.8 Å². The first-order valence-corrected chi connectivity index (χ1v) is 5.90. The molecule has 1 aromatic rings. The van der Waals surface area contributed by atoms with Gasteiger partial charge in [0.1, 0.15) is 11.6 Å². The van der Waals surface area contributed by atoms with Crippen molar-refractivity contribution in [1.82, 2.24) is 0 Å². The quantitative estimate of drug-likeness (QED) is 0.731. The van der Waals surface area contributed by atoms with Gasteiger partial charge in [0.15, 0.2) is 0 Å². The van der Waals surface area contributed by atoms with Crippen LogP contribution in [0.1, 0.15) is 33.3 Å².